The van der Waals surface area contributed by atoms with Crippen LogP contribution in [0.2, 0.25) is 0 Å². The van der Waals surface area contributed by atoms with Gasteiger partial charge in [0.25, 0.3) is 17.7 Å². The number of benzene rings is 1. The SMILES string of the molecule is CC1(O)C(O)C(CO)OC1n1ccc(N)nc1=O.CCCCCOc1ccc(NC(=S)NC(=O)c2cccnc2)cc1C(F)(F)F.CCC[C@H](NC(=O)[C@H]1C(C(=O)[C@@H](NC(=O)[C@@H](NC(=O)c2cnccn2)C2CCCCC2)C(C)(C)C)C[C@@H]2CCC[C@@H]21)C(=O)C(=O)NC1CC1. The van der Waals surface area contributed by atoms with Gasteiger partial charge in [-0.15, -0.1) is 0 Å². The second-order valence-electron chi connectivity index (χ2n) is 26.2. The fraction of sp³-hybridized carbons (Fsp3) is 0.591. The molecule has 0 bridgehead atoms. The van der Waals surface area contributed by atoms with E-state index < -0.39 is 113 Å². The fourth-order valence-electron chi connectivity index (χ4n) is 12.7. The topological polar surface area (TPSA) is 370 Å². The van der Waals surface area contributed by atoms with Gasteiger partial charge < -0.3 is 57.1 Å². The van der Waals surface area contributed by atoms with Crippen LogP contribution in [0.4, 0.5) is 24.7 Å². The molecule has 29 heteroatoms. The van der Waals surface area contributed by atoms with Crippen molar-refractivity contribution in [2.75, 3.05) is 24.3 Å². The molecule has 0 radical (unpaired) electrons. The zero-order chi connectivity index (χ0) is 69.4. The average molecular weight is 1350 g/mol. The Labute approximate surface area is 554 Å². The highest BCUT2D eigenvalue weighted by Crippen LogP contribution is 2.52. The largest absolute Gasteiger partial charge is 0.493 e. The number of aliphatic hydroxyl groups is 3. The molecule has 5 amide bonds. The number of anilines is 2. The number of hydrogen-bond acceptors (Lipinski definition) is 19. The number of fused-ring (bicyclic) bond motifs is 1. The van der Waals surface area contributed by atoms with Crippen LogP contribution in [-0.4, -0.2) is 141 Å². The summed E-state index contributed by atoms with van der Waals surface area (Å²) in [7, 11) is 0. The second-order valence-corrected chi connectivity index (χ2v) is 26.6. The van der Waals surface area contributed by atoms with Crippen LogP contribution < -0.4 is 48.1 Å². The van der Waals surface area contributed by atoms with Crippen molar-refractivity contribution in [2.45, 2.75) is 199 Å². The Kier molecular flexibility index (Phi) is 26.4. The van der Waals surface area contributed by atoms with Crippen LogP contribution >= 0.6 is 12.2 Å². The predicted molar refractivity (Wildman–Crippen MR) is 347 cm³/mol. The number of thiocarbonyl (C=S) groups is 1. The number of pyridine rings is 1. The molecule has 3 aromatic heterocycles. The first-order valence-electron chi connectivity index (χ1n) is 32.5. The summed E-state index contributed by atoms with van der Waals surface area (Å²) in [6, 6.07) is 5.32. The smallest absolute Gasteiger partial charge is 0.420 e. The molecule has 5 unspecified atom stereocenters. The number of ether oxygens (including phenoxy) is 2. The minimum atomic E-state index is -4.58. The molecule has 25 nitrogen and oxygen atoms in total. The molecule has 4 heterocycles. The Morgan fingerprint density at radius 2 is 1.61 bits per heavy atom. The minimum absolute atomic E-state index is 0.0100. The highest BCUT2D eigenvalue weighted by atomic mass is 32.1. The van der Waals surface area contributed by atoms with Crippen molar-refractivity contribution >= 4 is 69.9 Å². The molecule has 11 N–H and O–H groups in total. The molecule has 518 valence electrons. The van der Waals surface area contributed by atoms with Gasteiger partial charge in [-0.3, -0.25) is 53.4 Å². The van der Waals surface area contributed by atoms with Crippen LogP contribution in [0.5, 0.6) is 5.75 Å². The lowest BCUT2D eigenvalue weighted by molar-refractivity contribution is -0.142. The van der Waals surface area contributed by atoms with Crippen molar-refractivity contribution < 1.29 is 71.5 Å². The molecule has 1 aliphatic heterocycles. The molecule has 0 spiro atoms. The Morgan fingerprint density at radius 1 is 0.884 bits per heavy atom. The molecular formula is C66H89F3N12O13S. The first kappa shape index (κ1) is 74.5. The molecule has 5 aliphatic rings. The number of carbonyl (C=O) groups excluding carboxylic acids is 7. The predicted octanol–water partition coefficient (Wildman–Crippen LogP) is 6.06. The fourth-order valence-corrected chi connectivity index (χ4v) is 12.9. The van der Waals surface area contributed by atoms with E-state index in [-0.39, 0.29) is 75.7 Å². The Bertz CT molecular complexity index is 3370. The van der Waals surface area contributed by atoms with Crippen LogP contribution in [0.3, 0.4) is 0 Å². The highest BCUT2D eigenvalue weighted by molar-refractivity contribution is 7.80. The van der Waals surface area contributed by atoms with Gasteiger partial charge in [-0.1, -0.05) is 86.0 Å². The maximum Gasteiger partial charge on any atom is 0.420 e. The van der Waals surface area contributed by atoms with E-state index >= 15 is 0 Å². The highest BCUT2D eigenvalue weighted by Gasteiger charge is 2.55. The van der Waals surface area contributed by atoms with Crippen molar-refractivity contribution in [3.63, 3.8) is 0 Å². The number of aliphatic hydroxyl groups excluding tert-OH is 2. The van der Waals surface area contributed by atoms with Gasteiger partial charge in [0, 0.05) is 48.6 Å². The second kappa shape index (κ2) is 33.7. The van der Waals surface area contributed by atoms with E-state index in [1.165, 1.54) is 68.4 Å². The summed E-state index contributed by atoms with van der Waals surface area (Å²) in [6.45, 7) is 10.6. The summed E-state index contributed by atoms with van der Waals surface area (Å²) in [5, 5.41) is 45.4. The van der Waals surface area contributed by atoms with E-state index in [2.05, 4.69) is 51.8 Å². The van der Waals surface area contributed by atoms with E-state index in [0.29, 0.717) is 25.7 Å². The summed E-state index contributed by atoms with van der Waals surface area (Å²) < 4.78 is 51.7. The van der Waals surface area contributed by atoms with Gasteiger partial charge in [0.2, 0.25) is 17.6 Å². The van der Waals surface area contributed by atoms with E-state index in [1.54, 1.807) is 6.07 Å². The average Bonchev–Trinajstić information content (AvgIpc) is 1.64. The van der Waals surface area contributed by atoms with Crippen LogP contribution in [-0.2, 0) is 34.9 Å². The molecule has 5 fully saturated rings. The number of ketones is 2. The third-order valence-electron chi connectivity index (χ3n) is 17.8. The van der Waals surface area contributed by atoms with Crippen molar-refractivity contribution in [1.82, 2.24) is 51.1 Å². The summed E-state index contributed by atoms with van der Waals surface area (Å²) in [5.74, 6) is -4.75. The third-order valence-corrected chi connectivity index (χ3v) is 18.0. The summed E-state index contributed by atoms with van der Waals surface area (Å²) >= 11 is 5.00. The van der Waals surface area contributed by atoms with E-state index in [4.69, 9.17) is 32.5 Å². The van der Waals surface area contributed by atoms with Crippen LogP contribution in [0.25, 0.3) is 0 Å². The number of hydrogen-bond donors (Lipinski definition) is 10. The Morgan fingerprint density at radius 3 is 2.22 bits per heavy atom. The molecule has 1 saturated heterocycles. The van der Waals surface area contributed by atoms with Crippen molar-refractivity contribution in [1.29, 1.82) is 0 Å². The number of aromatic nitrogens is 5. The van der Waals surface area contributed by atoms with Gasteiger partial charge in [-0.25, -0.2) is 9.78 Å². The van der Waals surface area contributed by atoms with Crippen molar-refractivity contribution in [3.05, 3.63) is 101 Å². The molecule has 4 saturated carbocycles. The first-order valence-corrected chi connectivity index (χ1v) is 32.9. The molecular weight excluding hydrogens is 1260 g/mol. The zero-order valence-corrected chi connectivity index (χ0v) is 55.2. The number of nitrogens with zero attached hydrogens (tertiary/aromatic N) is 5. The minimum Gasteiger partial charge on any atom is -0.493 e. The van der Waals surface area contributed by atoms with Crippen LogP contribution in [0.15, 0.2) is 78.4 Å². The lowest BCUT2D eigenvalue weighted by atomic mass is 9.75. The number of nitrogens with one attached hydrogen (secondary N) is 6. The van der Waals surface area contributed by atoms with Gasteiger partial charge in [-0.2, -0.15) is 18.2 Å². The molecule has 9 rings (SSSR count). The molecule has 95 heavy (non-hydrogen) atoms. The lowest BCUT2D eigenvalue weighted by Crippen LogP contribution is -2.59. The number of nitrogen functional groups attached to an aromatic ring is 1. The Hall–Kier alpha value is -7.86. The Balaban J connectivity index is 0.000000231. The number of nitrogens with two attached hydrogens (primary N) is 1. The normalized spacial score (nSPS) is 23.3. The number of halogens is 3. The van der Waals surface area contributed by atoms with Crippen LogP contribution in [0.1, 0.15) is 177 Å². The van der Waals surface area contributed by atoms with Gasteiger partial charge in [-0.05, 0) is 130 Å². The van der Waals surface area contributed by atoms with Crippen molar-refractivity contribution in [2.24, 2.45) is 35.0 Å². The number of Topliss-reactive ketones (excluding diaryl/α,β-unsaturated/α-hetero) is 2. The molecule has 4 aromatic rings. The number of unbranched alkanes of at least 4 members (excludes halogenated alkanes) is 2. The summed E-state index contributed by atoms with van der Waals surface area (Å²) in [5.41, 5.74) is 1.81. The summed E-state index contributed by atoms with van der Waals surface area (Å²) in [4.78, 5) is 121. The summed E-state index contributed by atoms with van der Waals surface area (Å²) in [6.07, 6.45) is 13.3. The standard InChI is InChI=1S/C37H54N6O6.C19H20F3N3O2S.C10H15N3O5/c1-5-10-26(31(45)36(49)40-23-15-16-23)41-34(47)28-24-14-9-13-22(24)19-25(28)30(44)32(37(2,3)4)43-35(48)29(21-11-7-6-8-12-21)42-33(46)27-20-38-17-18-39-27;1-2-3-4-10-27-16-8-7-14(11-15(16)19(20,21)22)24-18(28)25-17(26)13-6-5-9-23-12-13;1-10(17)7(15)5(4-14)18-8(10)13-3-2-6(11)12-9(13)16/h17-18,20-26,28-29,32H,5-16,19H2,1-4H3,(H,40,49)(H,41,47)(H,42,46)(H,43,48);5-9,11-12H,2-4,10H2,1H3,(H2,24,25,26,28);2-3,5,7-8,14-15,17H,4H2,1H3,(H2,11,12,16)/t22-,24-,25?,26-,28+,29-,32+;;/m0../s1. The van der Waals surface area contributed by atoms with Gasteiger partial charge in [0.15, 0.2) is 17.1 Å². The van der Waals surface area contributed by atoms with Gasteiger partial charge >= 0.3 is 11.9 Å². The van der Waals surface area contributed by atoms with E-state index in [9.17, 15) is 61.7 Å². The van der Waals surface area contributed by atoms with Crippen molar-refractivity contribution in [3.8, 4) is 5.75 Å². The molecule has 4 aliphatic carbocycles. The lowest BCUT2D eigenvalue weighted by Gasteiger charge is -2.37. The van der Waals surface area contributed by atoms with E-state index in [1.807, 2.05) is 34.6 Å². The number of carbonyl (C=O) groups is 7. The maximum atomic E-state index is 14.7. The quantitative estimate of drug-likeness (QED) is 0.0229. The van der Waals surface area contributed by atoms with Crippen LogP contribution in [0, 0.1) is 35.0 Å². The van der Waals surface area contributed by atoms with E-state index in [0.717, 1.165) is 87.7 Å². The number of rotatable bonds is 23. The number of alkyl halides is 3. The molecule has 11 atom stereocenters. The van der Waals surface area contributed by atoms with Gasteiger partial charge in [0.05, 0.1) is 48.5 Å². The third kappa shape index (κ3) is 20.1. The zero-order valence-electron chi connectivity index (χ0n) is 54.4. The number of amides is 5. The maximum absolute atomic E-state index is 14.7. The van der Waals surface area contributed by atoms with Gasteiger partial charge in [0.1, 0.15) is 41.1 Å². The molecule has 1 aromatic carbocycles. The monoisotopic (exact) mass is 1350 g/mol. The first-order chi connectivity index (χ1) is 45.1.